The van der Waals surface area contributed by atoms with Crippen molar-refractivity contribution in [3.05, 3.63) is 24.0 Å². The molecule has 20 heavy (non-hydrogen) atoms. The van der Waals surface area contributed by atoms with Crippen LogP contribution in [0.15, 0.2) is 23.1 Å². The fourth-order valence-corrected chi connectivity index (χ4v) is 2.91. The van der Waals surface area contributed by atoms with E-state index in [1.54, 1.807) is 12.1 Å². The molecule has 0 bridgehead atoms. The topological polar surface area (TPSA) is 78.0 Å². The van der Waals surface area contributed by atoms with Crippen molar-refractivity contribution in [3.8, 4) is 0 Å². The second kappa shape index (κ2) is 5.54. The van der Waals surface area contributed by atoms with E-state index < -0.39 is 9.84 Å². The number of hydrogen-bond donors (Lipinski definition) is 1. The largest absolute Gasteiger partial charge is 0.331 e. The van der Waals surface area contributed by atoms with Crippen LogP contribution in [-0.2, 0) is 23.3 Å². The Bertz CT molecular complexity index is 717. The third-order valence-corrected chi connectivity index (χ3v) is 4.54. The van der Waals surface area contributed by atoms with Crippen LogP contribution in [0, 0.1) is 0 Å². The van der Waals surface area contributed by atoms with Gasteiger partial charge in [0.1, 0.15) is 5.82 Å². The summed E-state index contributed by atoms with van der Waals surface area (Å²) >= 11 is 0. The van der Waals surface area contributed by atoms with Crippen LogP contribution in [0.25, 0.3) is 11.0 Å². The van der Waals surface area contributed by atoms with Gasteiger partial charge < -0.3 is 10.3 Å². The summed E-state index contributed by atoms with van der Waals surface area (Å²) < 4.78 is 25.2. The lowest BCUT2D eigenvalue weighted by Crippen LogP contribution is -2.14. The number of sulfone groups is 1. The molecule has 1 aromatic carbocycles. The third-order valence-electron chi connectivity index (χ3n) is 3.43. The number of benzene rings is 1. The first-order valence-corrected chi connectivity index (χ1v) is 8.59. The van der Waals surface area contributed by atoms with Crippen LogP contribution in [0.2, 0.25) is 0 Å². The molecule has 0 aliphatic carbocycles. The molecule has 1 aromatic heterocycles. The minimum atomic E-state index is -3.19. The second-order valence-electron chi connectivity index (χ2n) is 5.38. The summed E-state index contributed by atoms with van der Waals surface area (Å²) in [5.74, 6) is 0.964. The SMILES string of the molecule is CC(N)CCCc1nc2cc(S(C)(=O)=O)ccc2n1C. The van der Waals surface area contributed by atoms with Crippen LogP contribution < -0.4 is 5.73 Å². The first kappa shape index (κ1) is 15.0. The van der Waals surface area contributed by atoms with Gasteiger partial charge in [0.2, 0.25) is 0 Å². The highest BCUT2D eigenvalue weighted by Crippen LogP contribution is 2.20. The first-order chi connectivity index (χ1) is 9.29. The summed E-state index contributed by atoms with van der Waals surface area (Å²) in [5, 5.41) is 0. The van der Waals surface area contributed by atoms with Crippen molar-refractivity contribution in [1.82, 2.24) is 9.55 Å². The molecule has 0 saturated heterocycles. The monoisotopic (exact) mass is 295 g/mol. The average Bonchev–Trinajstić information content (AvgIpc) is 2.65. The highest BCUT2D eigenvalue weighted by atomic mass is 32.2. The Balaban J connectivity index is 2.32. The minimum absolute atomic E-state index is 0.196. The van der Waals surface area contributed by atoms with Gasteiger partial charge in [0.05, 0.1) is 15.9 Å². The lowest BCUT2D eigenvalue weighted by atomic mass is 10.1. The molecule has 0 fully saturated rings. The molecule has 0 amide bonds. The summed E-state index contributed by atoms with van der Waals surface area (Å²) in [6.07, 6.45) is 3.99. The van der Waals surface area contributed by atoms with Crippen LogP contribution in [-0.4, -0.2) is 30.3 Å². The molecule has 2 aromatic rings. The van der Waals surface area contributed by atoms with Crippen molar-refractivity contribution in [2.75, 3.05) is 6.26 Å². The summed E-state index contributed by atoms with van der Waals surface area (Å²) in [4.78, 5) is 4.85. The molecular formula is C14H21N3O2S. The van der Waals surface area contributed by atoms with Gasteiger partial charge in [-0.3, -0.25) is 0 Å². The molecule has 6 heteroatoms. The normalized spacial score (nSPS) is 13.8. The maximum absolute atomic E-state index is 11.6. The Morgan fingerprint density at radius 2 is 2.10 bits per heavy atom. The second-order valence-corrected chi connectivity index (χ2v) is 7.39. The predicted octanol–water partition coefficient (Wildman–Crippen LogP) is 1.65. The van der Waals surface area contributed by atoms with E-state index in [1.165, 1.54) is 6.26 Å². The van der Waals surface area contributed by atoms with Crippen molar-refractivity contribution in [3.63, 3.8) is 0 Å². The number of hydrogen-bond acceptors (Lipinski definition) is 4. The molecule has 2 rings (SSSR count). The molecule has 110 valence electrons. The number of imidazole rings is 1. The van der Waals surface area contributed by atoms with Crippen LogP contribution in [0.4, 0.5) is 0 Å². The number of nitrogens with two attached hydrogens (primary N) is 1. The third kappa shape index (κ3) is 3.19. The average molecular weight is 295 g/mol. The van der Waals surface area contributed by atoms with E-state index >= 15 is 0 Å². The molecule has 0 aliphatic heterocycles. The van der Waals surface area contributed by atoms with Gasteiger partial charge in [-0.15, -0.1) is 0 Å². The van der Waals surface area contributed by atoms with Crippen LogP contribution in [0.1, 0.15) is 25.6 Å². The summed E-state index contributed by atoms with van der Waals surface area (Å²) in [7, 11) is -1.24. The van der Waals surface area contributed by atoms with Gasteiger partial charge in [-0.25, -0.2) is 13.4 Å². The lowest BCUT2D eigenvalue weighted by Gasteiger charge is -2.05. The van der Waals surface area contributed by atoms with Crippen LogP contribution in [0.3, 0.4) is 0 Å². The Morgan fingerprint density at radius 1 is 1.40 bits per heavy atom. The fourth-order valence-electron chi connectivity index (χ4n) is 2.27. The Hall–Kier alpha value is -1.40. The smallest absolute Gasteiger partial charge is 0.175 e. The zero-order chi connectivity index (χ0) is 14.9. The molecule has 5 nitrogen and oxygen atoms in total. The van der Waals surface area contributed by atoms with Crippen molar-refractivity contribution >= 4 is 20.9 Å². The zero-order valence-corrected chi connectivity index (χ0v) is 12.9. The van der Waals surface area contributed by atoms with E-state index in [0.717, 1.165) is 36.1 Å². The highest BCUT2D eigenvalue weighted by Gasteiger charge is 2.12. The molecule has 0 aliphatic rings. The van der Waals surface area contributed by atoms with Crippen molar-refractivity contribution in [2.45, 2.75) is 37.1 Å². The van der Waals surface area contributed by atoms with Gasteiger partial charge in [0.15, 0.2) is 9.84 Å². The van der Waals surface area contributed by atoms with E-state index in [4.69, 9.17) is 5.73 Å². The first-order valence-electron chi connectivity index (χ1n) is 6.70. The number of fused-ring (bicyclic) bond motifs is 1. The molecule has 0 radical (unpaired) electrons. The van der Waals surface area contributed by atoms with Gasteiger partial charge in [-0.05, 0) is 38.0 Å². The maximum Gasteiger partial charge on any atom is 0.175 e. The van der Waals surface area contributed by atoms with Crippen LogP contribution in [0.5, 0.6) is 0 Å². The van der Waals surface area contributed by atoms with E-state index in [9.17, 15) is 8.42 Å². The van der Waals surface area contributed by atoms with Crippen molar-refractivity contribution in [2.24, 2.45) is 12.8 Å². The zero-order valence-electron chi connectivity index (χ0n) is 12.1. The number of nitrogens with zero attached hydrogens (tertiary/aromatic N) is 2. The lowest BCUT2D eigenvalue weighted by molar-refractivity contribution is 0.602. The van der Waals surface area contributed by atoms with E-state index in [0.29, 0.717) is 4.90 Å². The highest BCUT2D eigenvalue weighted by molar-refractivity contribution is 7.90. The standard InChI is InChI=1S/C14H21N3O2S/c1-10(15)5-4-6-14-16-12-9-11(20(3,18)19)7-8-13(12)17(14)2/h7-10H,4-6,15H2,1-3H3. The van der Waals surface area contributed by atoms with Gasteiger partial charge >= 0.3 is 0 Å². The Morgan fingerprint density at radius 3 is 2.70 bits per heavy atom. The maximum atomic E-state index is 11.6. The fraction of sp³-hybridized carbons (Fsp3) is 0.500. The predicted molar refractivity (Wildman–Crippen MR) is 80.4 cm³/mol. The molecule has 1 heterocycles. The minimum Gasteiger partial charge on any atom is -0.331 e. The Labute approximate surface area is 119 Å². The van der Waals surface area contributed by atoms with Gasteiger partial charge in [0, 0.05) is 25.8 Å². The Kier molecular flexibility index (Phi) is 4.15. The molecular weight excluding hydrogens is 274 g/mol. The van der Waals surface area contributed by atoms with E-state index in [2.05, 4.69) is 4.98 Å². The molecule has 1 unspecified atom stereocenters. The molecule has 0 saturated carbocycles. The van der Waals surface area contributed by atoms with Gasteiger partial charge in [-0.2, -0.15) is 0 Å². The molecule has 2 N–H and O–H groups in total. The molecule has 0 spiro atoms. The van der Waals surface area contributed by atoms with Gasteiger partial charge in [-0.1, -0.05) is 0 Å². The van der Waals surface area contributed by atoms with E-state index in [1.807, 2.05) is 24.6 Å². The van der Waals surface area contributed by atoms with Gasteiger partial charge in [0.25, 0.3) is 0 Å². The number of aryl methyl sites for hydroxylation is 2. The molecule has 1 atom stereocenters. The van der Waals surface area contributed by atoms with Crippen molar-refractivity contribution < 1.29 is 8.42 Å². The van der Waals surface area contributed by atoms with E-state index in [-0.39, 0.29) is 6.04 Å². The summed E-state index contributed by atoms with van der Waals surface area (Å²) in [6, 6.07) is 5.28. The summed E-state index contributed by atoms with van der Waals surface area (Å²) in [6.45, 7) is 1.99. The quantitative estimate of drug-likeness (QED) is 0.909. The number of rotatable bonds is 5. The summed E-state index contributed by atoms with van der Waals surface area (Å²) in [5.41, 5.74) is 7.42. The van der Waals surface area contributed by atoms with Crippen molar-refractivity contribution in [1.29, 1.82) is 0 Å². The number of aromatic nitrogens is 2. The van der Waals surface area contributed by atoms with Crippen LogP contribution >= 0.6 is 0 Å².